The van der Waals surface area contributed by atoms with Gasteiger partial charge in [0, 0.05) is 31.5 Å². The Morgan fingerprint density at radius 3 is 2.79 bits per heavy atom. The number of amides is 1. The van der Waals surface area contributed by atoms with E-state index in [1.807, 2.05) is 32.0 Å². The van der Waals surface area contributed by atoms with E-state index < -0.39 is 0 Å². The molecular weight excluding hydrogens is 240 g/mol. The van der Waals surface area contributed by atoms with Gasteiger partial charge in [-0.3, -0.25) is 4.79 Å². The number of anilines is 1. The molecule has 0 fully saturated rings. The molecule has 0 heterocycles. The maximum Gasteiger partial charge on any atom is 0.251 e. The molecular formula is C15H24N2O2. The second kappa shape index (κ2) is 7.79. The number of nitrogens with one attached hydrogen (secondary N) is 2. The summed E-state index contributed by atoms with van der Waals surface area (Å²) in [5.41, 5.74) is 2.83. The van der Waals surface area contributed by atoms with Crippen LogP contribution in [0, 0.1) is 12.8 Å². The van der Waals surface area contributed by atoms with Crippen molar-refractivity contribution < 1.29 is 9.53 Å². The molecule has 4 heteroatoms. The minimum atomic E-state index is -0.0320. The van der Waals surface area contributed by atoms with Crippen molar-refractivity contribution in [3.8, 4) is 0 Å². The first-order chi connectivity index (χ1) is 9.08. The van der Waals surface area contributed by atoms with Crippen LogP contribution in [0.5, 0.6) is 0 Å². The van der Waals surface area contributed by atoms with Crippen molar-refractivity contribution in [1.82, 2.24) is 5.32 Å². The molecule has 0 aliphatic heterocycles. The van der Waals surface area contributed by atoms with Gasteiger partial charge >= 0.3 is 0 Å². The number of benzene rings is 1. The van der Waals surface area contributed by atoms with Crippen LogP contribution in [0.15, 0.2) is 18.2 Å². The molecule has 19 heavy (non-hydrogen) atoms. The lowest BCUT2D eigenvalue weighted by atomic mass is 10.1. The Morgan fingerprint density at radius 1 is 1.42 bits per heavy atom. The van der Waals surface area contributed by atoms with Gasteiger partial charge in [0.2, 0.25) is 0 Å². The van der Waals surface area contributed by atoms with E-state index in [1.165, 1.54) is 0 Å². The molecule has 1 unspecified atom stereocenters. The van der Waals surface area contributed by atoms with Crippen LogP contribution in [-0.2, 0) is 4.74 Å². The largest absolute Gasteiger partial charge is 0.384 e. The molecule has 0 aliphatic carbocycles. The summed E-state index contributed by atoms with van der Waals surface area (Å²) in [5.74, 6) is 0.396. The van der Waals surface area contributed by atoms with Crippen LogP contribution in [0.4, 0.5) is 5.69 Å². The van der Waals surface area contributed by atoms with Gasteiger partial charge in [0.05, 0.1) is 6.61 Å². The van der Waals surface area contributed by atoms with Crippen molar-refractivity contribution in [3.63, 3.8) is 0 Å². The average Bonchev–Trinajstić information content (AvgIpc) is 2.38. The fraction of sp³-hybridized carbons (Fsp3) is 0.533. The van der Waals surface area contributed by atoms with Crippen LogP contribution in [0.1, 0.15) is 29.8 Å². The second-order valence-corrected chi connectivity index (χ2v) is 4.83. The van der Waals surface area contributed by atoms with E-state index in [1.54, 1.807) is 7.11 Å². The zero-order valence-electron chi connectivity index (χ0n) is 12.2. The van der Waals surface area contributed by atoms with Gasteiger partial charge in [-0.1, -0.05) is 13.0 Å². The molecule has 4 nitrogen and oxygen atoms in total. The van der Waals surface area contributed by atoms with Gasteiger partial charge in [-0.15, -0.1) is 0 Å². The van der Waals surface area contributed by atoms with Gasteiger partial charge in [0.1, 0.15) is 0 Å². The Balaban J connectivity index is 2.71. The summed E-state index contributed by atoms with van der Waals surface area (Å²) in [5, 5.41) is 6.18. The molecule has 2 N–H and O–H groups in total. The molecule has 106 valence electrons. The van der Waals surface area contributed by atoms with Crippen molar-refractivity contribution in [2.75, 3.05) is 32.1 Å². The van der Waals surface area contributed by atoms with Gasteiger partial charge in [0.15, 0.2) is 0 Å². The molecule has 0 saturated heterocycles. The van der Waals surface area contributed by atoms with Crippen LogP contribution in [0.25, 0.3) is 0 Å². The fourth-order valence-electron chi connectivity index (χ4n) is 1.84. The average molecular weight is 264 g/mol. The summed E-state index contributed by atoms with van der Waals surface area (Å²) < 4.78 is 5.11. The summed E-state index contributed by atoms with van der Waals surface area (Å²) >= 11 is 0. The first kappa shape index (κ1) is 15.5. The number of ether oxygens (including phenoxy) is 1. The minimum absolute atomic E-state index is 0.0320. The summed E-state index contributed by atoms with van der Waals surface area (Å²) in [6, 6.07) is 5.72. The molecule has 0 aliphatic rings. The molecule has 0 bridgehead atoms. The number of carbonyl (C=O) groups is 1. The van der Waals surface area contributed by atoms with E-state index in [-0.39, 0.29) is 5.91 Å². The maximum atomic E-state index is 11.8. The van der Waals surface area contributed by atoms with Crippen molar-refractivity contribution in [3.05, 3.63) is 29.3 Å². The van der Waals surface area contributed by atoms with Gasteiger partial charge in [0.25, 0.3) is 5.91 Å². The molecule has 0 saturated carbocycles. The Morgan fingerprint density at radius 2 is 2.16 bits per heavy atom. The highest BCUT2D eigenvalue weighted by Crippen LogP contribution is 2.17. The van der Waals surface area contributed by atoms with E-state index in [0.29, 0.717) is 18.0 Å². The molecule has 0 spiro atoms. The Labute approximate surface area is 115 Å². The number of hydrogen-bond acceptors (Lipinski definition) is 3. The molecule has 0 radical (unpaired) electrons. The van der Waals surface area contributed by atoms with Crippen LogP contribution < -0.4 is 10.6 Å². The normalized spacial score (nSPS) is 12.0. The summed E-state index contributed by atoms with van der Waals surface area (Å²) in [7, 11) is 1.71. The van der Waals surface area contributed by atoms with Crippen LogP contribution in [-0.4, -0.2) is 32.7 Å². The molecule has 1 amide bonds. The van der Waals surface area contributed by atoms with Crippen LogP contribution >= 0.6 is 0 Å². The number of carbonyl (C=O) groups excluding carboxylic acids is 1. The number of rotatable bonds is 7. The predicted molar refractivity (Wildman–Crippen MR) is 78.7 cm³/mol. The van der Waals surface area contributed by atoms with Crippen LogP contribution in [0.3, 0.4) is 0 Å². The highest BCUT2D eigenvalue weighted by atomic mass is 16.5. The molecule has 1 atom stereocenters. The van der Waals surface area contributed by atoms with Crippen molar-refractivity contribution in [2.45, 2.75) is 20.8 Å². The first-order valence-corrected chi connectivity index (χ1v) is 6.70. The molecule has 1 rings (SSSR count). The zero-order chi connectivity index (χ0) is 14.3. The summed E-state index contributed by atoms with van der Waals surface area (Å²) in [6.45, 7) is 8.26. The fourth-order valence-corrected chi connectivity index (χ4v) is 1.84. The lowest BCUT2D eigenvalue weighted by Crippen LogP contribution is -2.23. The summed E-state index contributed by atoms with van der Waals surface area (Å²) in [4.78, 5) is 11.8. The van der Waals surface area contributed by atoms with E-state index in [2.05, 4.69) is 17.6 Å². The first-order valence-electron chi connectivity index (χ1n) is 6.70. The second-order valence-electron chi connectivity index (χ2n) is 4.83. The standard InChI is InChI=1S/C15H24N2O2/c1-5-16-15(18)13-7-6-12(3)14(8-13)17-9-11(2)10-19-4/h6-8,11,17H,5,9-10H2,1-4H3,(H,16,18). The topological polar surface area (TPSA) is 50.4 Å². The molecule has 0 aromatic heterocycles. The highest BCUT2D eigenvalue weighted by Gasteiger charge is 2.08. The number of methoxy groups -OCH3 is 1. The van der Waals surface area contributed by atoms with Crippen LogP contribution in [0.2, 0.25) is 0 Å². The van der Waals surface area contributed by atoms with E-state index >= 15 is 0 Å². The monoisotopic (exact) mass is 264 g/mol. The minimum Gasteiger partial charge on any atom is -0.384 e. The lowest BCUT2D eigenvalue weighted by molar-refractivity contribution is 0.0956. The Kier molecular flexibility index (Phi) is 6.36. The van der Waals surface area contributed by atoms with Gasteiger partial charge in [-0.2, -0.15) is 0 Å². The van der Waals surface area contributed by atoms with E-state index in [4.69, 9.17) is 4.74 Å². The quantitative estimate of drug-likeness (QED) is 0.795. The lowest BCUT2D eigenvalue weighted by Gasteiger charge is -2.15. The Hall–Kier alpha value is -1.55. The molecule has 1 aromatic carbocycles. The Bertz CT molecular complexity index is 419. The maximum absolute atomic E-state index is 11.8. The third-order valence-corrected chi connectivity index (χ3v) is 2.93. The van der Waals surface area contributed by atoms with Crippen molar-refractivity contribution in [2.24, 2.45) is 5.92 Å². The third kappa shape index (κ3) is 4.91. The van der Waals surface area contributed by atoms with Gasteiger partial charge in [-0.05, 0) is 37.5 Å². The summed E-state index contributed by atoms with van der Waals surface area (Å²) in [6.07, 6.45) is 0. The van der Waals surface area contributed by atoms with E-state index in [9.17, 15) is 4.79 Å². The zero-order valence-corrected chi connectivity index (χ0v) is 12.2. The van der Waals surface area contributed by atoms with Crippen molar-refractivity contribution >= 4 is 11.6 Å². The van der Waals surface area contributed by atoms with E-state index in [0.717, 1.165) is 24.4 Å². The third-order valence-electron chi connectivity index (χ3n) is 2.93. The molecule has 1 aromatic rings. The number of hydrogen-bond donors (Lipinski definition) is 2. The smallest absolute Gasteiger partial charge is 0.251 e. The predicted octanol–water partition coefficient (Wildman–Crippen LogP) is 2.44. The van der Waals surface area contributed by atoms with Gasteiger partial charge < -0.3 is 15.4 Å². The van der Waals surface area contributed by atoms with Gasteiger partial charge in [-0.25, -0.2) is 0 Å². The number of aryl methyl sites for hydroxylation is 1. The van der Waals surface area contributed by atoms with Crippen molar-refractivity contribution in [1.29, 1.82) is 0 Å². The highest BCUT2D eigenvalue weighted by molar-refractivity contribution is 5.95. The SMILES string of the molecule is CCNC(=O)c1ccc(C)c(NCC(C)COC)c1.